The van der Waals surface area contributed by atoms with Crippen LogP contribution in [0.5, 0.6) is 0 Å². The van der Waals surface area contributed by atoms with E-state index in [2.05, 4.69) is 5.10 Å². The molecular formula is C18H23N3O4. The number of nitrogens with zero attached hydrogens (tertiary/aromatic N) is 3. The van der Waals surface area contributed by atoms with Gasteiger partial charge in [0.2, 0.25) is 0 Å². The van der Waals surface area contributed by atoms with E-state index in [1.165, 1.54) is 4.90 Å². The standard InChI is InChI=1S/C18H23N3O4/c1-4-15-14(11-20(3)19-15)16(17(22)23)21(5-2)18(24)25-12-13-9-7-6-8-10-13/h6-11,16H,4-5,12H2,1-3H3,(H,22,23). The Balaban J connectivity index is 2.21. The molecule has 25 heavy (non-hydrogen) atoms. The summed E-state index contributed by atoms with van der Waals surface area (Å²) in [5.74, 6) is -1.11. The molecule has 0 aliphatic heterocycles. The summed E-state index contributed by atoms with van der Waals surface area (Å²) in [4.78, 5) is 25.6. The normalized spacial score (nSPS) is 11.8. The fourth-order valence-corrected chi connectivity index (χ4v) is 2.71. The van der Waals surface area contributed by atoms with E-state index in [1.807, 2.05) is 37.3 Å². The van der Waals surface area contributed by atoms with E-state index in [0.717, 1.165) is 5.56 Å². The van der Waals surface area contributed by atoms with Gasteiger partial charge in [-0.05, 0) is 18.9 Å². The Morgan fingerprint density at radius 1 is 1.28 bits per heavy atom. The van der Waals surface area contributed by atoms with Crippen LogP contribution in [0.3, 0.4) is 0 Å². The van der Waals surface area contributed by atoms with Crippen LogP contribution >= 0.6 is 0 Å². The van der Waals surface area contributed by atoms with Crippen molar-refractivity contribution in [1.82, 2.24) is 14.7 Å². The minimum atomic E-state index is -1.13. The second kappa shape index (κ2) is 8.32. The van der Waals surface area contributed by atoms with Crippen molar-refractivity contribution in [2.24, 2.45) is 7.05 Å². The van der Waals surface area contributed by atoms with Gasteiger partial charge >= 0.3 is 12.1 Å². The maximum atomic E-state index is 12.5. The van der Waals surface area contributed by atoms with E-state index in [9.17, 15) is 14.7 Å². The van der Waals surface area contributed by atoms with Crippen LogP contribution in [-0.4, -0.2) is 38.4 Å². The lowest BCUT2D eigenvalue weighted by molar-refractivity contribution is -0.143. The predicted molar refractivity (Wildman–Crippen MR) is 92.0 cm³/mol. The van der Waals surface area contributed by atoms with E-state index in [-0.39, 0.29) is 13.2 Å². The number of benzene rings is 1. The van der Waals surface area contributed by atoms with Crippen molar-refractivity contribution in [3.05, 3.63) is 53.3 Å². The Labute approximate surface area is 146 Å². The highest BCUT2D eigenvalue weighted by molar-refractivity contribution is 5.81. The van der Waals surface area contributed by atoms with Gasteiger partial charge in [-0.25, -0.2) is 9.59 Å². The van der Waals surface area contributed by atoms with Crippen LogP contribution in [0.25, 0.3) is 0 Å². The molecule has 7 heteroatoms. The molecular weight excluding hydrogens is 322 g/mol. The number of carbonyl (C=O) groups excluding carboxylic acids is 1. The van der Waals surface area contributed by atoms with Crippen molar-refractivity contribution >= 4 is 12.1 Å². The number of aryl methyl sites for hydroxylation is 2. The molecule has 0 aliphatic rings. The van der Waals surface area contributed by atoms with Gasteiger partial charge in [0.25, 0.3) is 0 Å². The molecule has 1 aromatic heterocycles. The van der Waals surface area contributed by atoms with Crippen molar-refractivity contribution in [3.63, 3.8) is 0 Å². The number of ether oxygens (including phenoxy) is 1. The number of amides is 1. The van der Waals surface area contributed by atoms with Gasteiger partial charge in [-0.15, -0.1) is 0 Å². The molecule has 7 nitrogen and oxygen atoms in total. The number of aliphatic carboxylic acids is 1. The second-order valence-electron chi connectivity index (χ2n) is 5.63. The third kappa shape index (κ3) is 4.37. The number of hydrogen-bond acceptors (Lipinski definition) is 4. The number of aromatic nitrogens is 2. The Hall–Kier alpha value is -2.83. The maximum absolute atomic E-state index is 12.5. The first-order valence-corrected chi connectivity index (χ1v) is 8.20. The zero-order valence-corrected chi connectivity index (χ0v) is 14.7. The van der Waals surface area contributed by atoms with Crippen LogP contribution < -0.4 is 0 Å². The molecule has 134 valence electrons. The molecule has 0 spiro atoms. The first kappa shape index (κ1) is 18.5. The van der Waals surface area contributed by atoms with Crippen molar-refractivity contribution in [1.29, 1.82) is 0 Å². The van der Waals surface area contributed by atoms with Crippen LogP contribution in [-0.2, 0) is 29.6 Å². The van der Waals surface area contributed by atoms with Crippen LogP contribution in [0.2, 0.25) is 0 Å². The van der Waals surface area contributed by atoms with E-state index >= 15 is 0 Å². The third-order valence-corrected chi connectivity index (χ3v) is 3.89. The lowest BCUT2D eigenvalue weighted by atomic mass is 10.1. The zero-order chi connectivity index (χ0) is 18.4. The van der Waals surface area contributed by atoms with Crippen LogP contribution in [0.1, 0.15) is 36.7 Å². The summed E-state index contributed by atoms with van der Waals surface area (Å²) in [7, 11) is 1.73. The van der Waals surface area contributed by atoms with Gasteiger partial charge in [-0.3, -0.25) is 9.58 Å². The summed E-state index contributed by atoms with van der Waals surface area (Å²) < 4.78 is 6.87. The number of hydrogen-bond donors (Lipinski definition) is 1. The lowest BCUT2D eigenvalue weighted by Crippen LogP contribution is -2.39. The van der Waals surface area contributed by atoms with Crippen molar-refractivity contribution in [3.8, 4) is 0 Å². The largest absolute Gasteiger partial charge is 0.479 e. The number of likely N-dealkylation sites (N-methyl/N-ethyl adjacent to an activating group) is 1. The molecule has 0 radical (unpaired) electrons. The smallest absolute Gasteiger partial charge is 0.411 e. The zero-order valence-electron chi connectivity index (χ0n) is 14.7. The highest BCUT2D eigenvalue weighted by atomic mass is 16.6. The molecule has 0 saturated carbocycles. The Morgan fingerprint density at radius 3 is 2.52 bits per heavy atom. The van der Waals surface area contributed by atoms with Gasteiger partial charge in [0.1, 0.15) is 6.61 Å². The Kier molecular flexibility index (Phi) is 6.16. The predicted octanol–water partition coefficient (Wildman–Crippen LogP) is 2.77. The van der Waals surface area contributed by atoms with E-state index in [0.29, 0.717) is 17.7 Å². The highest BCUT2D eigenvalue weighted by Gasteiger charge is 2.34. The summed E-state index contributed by atoms with van der Waals surface area (Å²) >= 11 is 0. The number of rotatable bonds is 7. The first-order valence-electron chi connectivity index (χ1n) is 8.20. The topological polar surface area (TPSA) is 84.7 Å². The van der Waals surface area contributed by atoms with E-state index in [1.54, 1.807) is 24.9 Å². The Morgan fingerprint density at radius 2 is 1.96 bits per heavy atom. The van der Waals surface area contributed by atoms with Gasteiger partial charge < -0.3 is 9.84 Å². The number of carboxylic acid groups (broad SMARTS) is 1. The summed E-state index contributed by atoms with van der Waals surface area (Å²) in [6.07, 6.45) is 1.56. The van der Waals surface area contributed by atoms with Crippen LogP contribution in [0.15, 0.2) is 36.5 Å². The monoisotopic (exact) mass is 345 g/mol. The average Bonchev–Trinajstić information content (AvgIpc) is 2.98. The van der Waals surface area contributed by atoms with Gasteiger partial charge in [-0.2, -0.15) is 5.10 Å². The average molecular weight is 345 g/mol. The molecule has 2 aromatic rings. The quantitative estimate of drug-likeness (QED) is 0.834. The fraction of sp³-hybridized carbons (Fsp3) is 0.389. The molecule has 1 aromatic carbocycles. The highest BCUT2D eigenvalue weighted by Crippen LogP contribution is 2.25. The molecule has 2 rings (SSSR count). The molecule has 0 fully saturated rings. The van der Waals surface area contributed by atoms with E-state index in [4.69, 9.17) is 4.74 Å². The summed E-state index contributed by atoms with van der Waals surface area (Å²) in [5, 5.41) is 14.0. The first-order chi connectivity index (χ1) is 12.0. The van der Waals surface area contributed by atoms with Gasteiger partial charge in [-0.1, -0.05) is 37.3 Å². The maximum Gasteiger partial charge on any atom is 0.411 e. The molecule has 1 atom stereocenters. The lowest BCUT2D eigenvalue weighted by Gasteiger charge is -2.27. The van der Waals surface area contributed by atoms with Gasteiger partial charge in [0.15, 0.2) is 6.04 Å². The molecule has 0 aliphatic carbocycles. The Bertz CT molecular complexity index is 727. The molecule has 1 heterocycles. The van der Waals surface area contributed by atoms with Crippen molar-refractivity contribution in [2.75, 3.05) is 6.54 Å². The van der Waals surface area contributed by atoms with Crippen molar-refractivity contribution < 1.29 is 19.4 Å². The van der Waals surface area contributed by atoms with Gasteiger partial charge in [0.05, 0.1) is 5.69 Å². The molecule has 1 amide bonds. The minimum absolute atomic E-state index is 0.0934. The molecule has 1 unspecified atom stereocenters. The number of carbonyl (C=O) groups is 2. The fourth-order valence-electron chi connectivity index (χ4n) is 2.71. The number of carboxylic acids is 1. The molecule has 0 bridgehead atoms. The van der Waals surface area contributed by atoms with Crippen LogP contribution in [0.4, 0.5) is 4.79 Å². The second-order valence-corrected chi connectivity index (χ2v) is 5.63. The molecule has 1 N–H and O–H groups in total. The molecule has 0 saturated heterocycles. The summed E-state index contributed by atoms with van der Waals surface area (Å²) in [6.45, 7) is 3.93. The van der Waals surface area contributed by atoms with Gasteiger partial charge in [0, 0.05) is 25.4 Å². The minimum Gasteiger partial charge on any atom is -0.479 e. The van der Waals surface area contributed by atoms with Crippen molar-refractivity contribution in [2.45, 2.75) is 32.9 Å². The third-order valence-electron chi connectivity index (χ3n) is 3.89. The summed E-state index contributed by atoms with van der Waals surface area (Å²) in [6, 6.07) is 8.13. The summed E-state index contributed by atoms with van der Waals surface area (Å²) in [5.41, 5.74) is 2.01. The van der Waals surface area contributed by atoms with Crippen LogP contribution in [0, 0.1) is 0 Å². The SMILES string of the molecule is CCc1nn(C)cc1C(C(=O)O)N(CC)C(=O)OCc1ccccc1. The van der Waals surface area contributed by atoms with E-state index < -0.39 is 18.1 Å².